The van der Waals surface area contributed by atoms with Crippen LogP contribution in [0.4, 0.5) is 0 Å². The Morgan fingerprint density at radius 3 is 2.62 bits per heavy atom. The smallest absolute Gasteiger partial charge is 0.136 e. The van der Waals surface area contributed by atoms with E-state index in [1.165, 1.54) is 0 Å². The van der Waals surface area contributed by atoms with Gasteiger partial charge in [-0.05, 0) is 24.3 Å². The lowest BCUT2D eigenvalue weighted by Crippen LogP contribution is -2.28. The van der Waals surface area contributed by atoms with Gasteiger partial charge in [0.2, 0.25) is 0 Å². The molecule has 0 aliphatic carbocycles. The minimum atomic E-state index is 0.534. The topological polar surface area (TPSA) is 26.3 Å². The Kier molecular flexibility index (Phi) is 1.89. The van der Waals surface area contributed by atoms with Crippen molar-refractivity contribution in [2.24, 2.45) is 0 Å². The molecule has 76 valence electrons. The van der Waals surface area contributed by atoms with Crippen molar-refractivity contribution < 1.29 is 9.53 Å². The van der Waals surface area contributed by atoms with Crippen molar-refractivity contribution in [1.82, 2.24) is 0 Å². The molecule has 0 spiro atoms. The van der Waals surface area contributed by atoms with Crippen molar-refractivity contribution in [3.05, 3.63) is 58.5 Å². The Labute approximate surface area is 92.1 Å². The highest BCUT2D eigenvalue weighted by Gasteiger charge is 2.09. The molecule has 0 saturated heterocycles. The Morgan fingerprint density at radius 1 is 0.938 bits per heavy atom. The summed E-state index contributed by atoms with van der Waals surface area (Å²) in [5.41, 5.74) is 0.984. The largest absolute Gasteiger partial charge is 0.456 e. The van der Waals surface area contributed by atoms with Gasteiger partial charge in [-0.25, -0.2) is 4.79 Å². The zero-order valence-electron chi connectivity index (χ0n) is 8.44. The molecule has 0 radical (unpaired) electrons. The van der Waals surface area contributed by atoms with Crippen LogP contribution in [-0.4, -0.2) is 5.94 Å². The van der Waals surface area contributed by atoms with Crippen LogP contribution in [0, 0.1) is 0 Å². The maximum absolute atomic E-state index is 10.8. The van der Waals surface area contributed by atoms with E-state index in [0.717, 1.165) is 16.5 Å². The number of carbonyl (C=O) groups excluding carboxylic acids is 1. The summed E-state index contributed by atoms with van der Waals surface area (Å²) in [4.78, 5) is 10.8. The zero-order valence-corrected chi connectivity index (χ0v) is 8.44. The average molecular weight is 208 g/mol. The van der Waals surface area contributed by atoms with E-state index < -0.39 is 0 Å². The van der Waals surface area contributed by atoms with Gasteiger partial charge in [-0.3, -0.25) is 0 Å². The summed E-state index contributed by atoms with van der Waals surface area (Å²) in [5.74, 6) is 3.45. The predicted molar refractivity (Wildman–Crippen MR) is 60.6 cm³/mol. The van der Waals surface area contributed by atoms with Gasteiger partial charge in [-0.15, -0.1) is 0 Å². The van der Waals surface area contributed by atoms with Crippen LogP contribution in [0.5, 0.6) is 11.5 Å². The van der Waals surface area contributed by atoms with Crippen molar-refractivity contribution in [2.45, 2.75) is 0 Å². The third-order valence-corrected chi connectivity index (χ3v) is 2.61. The molecule has 1 heterocycles. The average Bonchev–Trinajstić information content (AvgIpc) is 2.35. The molecular weight excluding hydrogens is 200 g/mol. The molecule has 0 atom stereocenters. The van der Waals surface area contributed by atoms with Crippen molar-refractivity contribution >= 4 is 12.0 Å². The number of para-hydroxylation sites is 1. The van der Waals surface area contributed by atoms with Crippen LogP contribution in [0.1, 0.15) is 5.56 Å². The summed E-state index contributed by atoms with van der Waals surface area (Å²) >= 11 is 0. The van der Waals surface area contributed by atoms with Crippen LogP contribution in [0.25, 0.3) is 6.08 Å². The van der Waals surface area contributed by atoms with Gasteiger partial charge >= 0.3 is 0 Å². The monoisotopic (exact) mass is 208 g/mol. The van der Waals surface area contributed by atoms with Gasteiger partial charge in [0.25, 0.3) is 0 Å². The lowest BCUT2D eigenvalue weighted by molar-refractivity contribution is 0.472. The van der Waals surface area contributed by atoms with E-state index in [1.54, 1.807) is 12.1 Å². The molecule has 0 amide bonds. The molecule has 0 saturated carbocycles. The second-order valence-electron chi connectivity index (χ2n) is 3.60. The molecule has 1 aliphatic rings. The molecule has 0 N–H and O–H groups in total. The second-order valence-corrected chi connectivity index (χ2v) is 3.60. The number of ether oxygens (including phenoxy) is 1. The minimum Gasteiger partial charge on any atom is -0.456 e. The summed E-state index contributed by atoms with van der Waals surface area (Å²) in [6.07, 6.45) is 1.95. The summed E-state index contributed by atoms with van der Waals surface area (Å²) < 4.78 is 5.71. The fourth-order valence-corrected chi connectivity index (χ4v) is 1.84. The molecule has 3 rings (SSSR count). The third kappa shape index (κ3) is 1.25. The number of rotatable bonds is 0. The number of hydrogen-bond donors (Lipinski definition) is 0. The first-order valence-corrected chi connectivity index (χ1v) is 5.01. The van der Waals surface area contributed by atoms with E-state index in [0.29, 0.717) is 11.0 Å². The molecule has 2 aromatic carbocycles. The molecule has 0 bridgehead atoms. The molecule has 0 fully saturated rings. The molecule has 0 aromatic heterocycles. The standard InChI is InChI=1S/C14H8O2/c15-9-11-5-3-7-14-12(11)8-10-4-1-2-6-13(10)16-14/h1-8H. The molecular formula is C14H8O2. The number of fused-ring (bicyclic) bond motifs is 2. The van der Waals surface area contributed by atoms with Crippen LogP contribution >= 0.6 is 0 Å². The Balaban J connectivity index is 2.44. The lowest BCUT2D eigenvalue weighted by Gasteiger charge is -2.13. The molecule has 2 aromatic rings. The number of hydrogen-bond acceptors (Lipinski definition) is 2. The highest BCUT2D eigenvalue weighted by atomic mass is 16.5. The van der Waals surface area contributed by atoms with E-state index in [9.17, 15) is 4.79 Å². The van der Waals surface area contributed by atoms with E-state index in [1.807, 2.05) is 42.3 Å². The van der Waals surface area contributed by atoms with Crippen molar-refractivity contribution in [3.8, 4) is 11.5 Å². The maximum Gasteiger partial charge on any atom is 0.136 e. The quantitative estimate of drug-likeness (QED) is 0.553. The molecule has 2 nitrogen and oxygen atoms in total. The van der Waals surface area contributed by atoms with Crippen LogP contribution in [0.3, 0.4) is 0 Å². The fraction of sp³-hybridized carbons (Fsp3) is 0. The van der Waals surface area contributed by atoms with Gasteiger partial charge in [0.05, 0.1) is 5.22 Å². The Morgan fingerprint density at radius 2 is 1.75 bits per heavy atom. The van der Waals surface area contributed by atoms with Gasteiger partial charge in [0.15, 0.2) is 0 Å². The van der Waals surface area contributed by atoms with E-state index in [2.05, 4.69) is 0 Å². The fourth-order valence-electron chi connectivity index (χ4n) is 1.84. The van der Waals surface area contributed by atoms with Crippen LogP contribution in [0.15, 0.2) is 42.5 Å². The lowest BCUT2D eigenvalue weighted by atomic mass is 10.1. The van der Waals surface area contributed by atoms with Gasteiger partial charge < -0.3 is 4.74 Å². The molecule has 0 unspecified atom stereocenters. The Hall–Kier alpha value is -2.31. The van der Waals surface area contributed by atoms with Crippen molar-refractivity contribution in [2.75, 3.05) is 0 Å². The molecule has 1 aliphatic heterocycles. The Bertz CT molecular complexity index is 695. The van der Waals surface area contributed by atoms with Crippen molar-refractivity contribution in [1.29, 1.82) is 0 Å². The van der Waals surface area contributed by atoms with Crippen LogP contribution < -0.4 is 15.2 Å². The number of benzene rings is 2. The predicted octanol–water partition coefficient (Wildman–Crippen LogP) is 1.12. The maximum atomic E-state index is 10.8. The zero-order chi connectivity index (χ0) is 11.0. The van der Waals surface area contributed by atoms with Crippen LogP contribution in [0.2, 0.25) is 0 Å². The van der Waals surface area contributed by atoms with Gasteiger partial charge in [-0.2, -0.15) is 0 Å². The van der Waals surface area contributed by atoms with Gasteiger partial charge in [0.1, 0.15) is 17.4 Å². The van der Waals surface area contributed by atoms with Crippen molar-refractivity contribution in [3.63, 3.8) is 0 Å². The van der Waals surface area contributed by atoms with E-state index in [4.69, 9.17) is 4.74 Å². The summed E-state index contributed by atoms with van der Waals surface area (Å²) in [6, 6.07) is 13.1. The minimum absolute atomic E-state index is 0.534. The van der Waals surface area contributed by atoms with E-state index in [-0.39, 0.29) is 0 Å². The highest BCUT2D eigenvalue weighted by Crippen LogP contribution is 2.26. The first-order chi connectivity index (χ1) is 7.88. The second kappa shape index (κ2) is 3.37. The SMILES string of the molecule is O=C=c1cccc2c1=Cc1ccccc1O2. The summed E-state index contributed by atoms with van der Waals surface area (Å²) in [6.45, 7) is 0. The van der Waals surface area contributed by atoms with Gasteiger partial charge in [0, 0.05) is 10.8 Å². The molecule has 16 heavy (non-hydrogen) atoms. The highest BCUT2D eigenvalue weighted by molar-refractivity contribution is 5.64. The normalized spacial score (nSPS) is 11.5. The first kappa shape index (κ1) is 8.96. The van der Waals surface area contributed by atoms with Gasteiger partial charge in [-0.1, -0.05) is 24.3 Å². The molecule has 2 heteroatoms. The third-order valence-electron chi connectivity index (χ3n) is 2.61. The summed E-state index contributed by atoms with van der Waals surface area (Å²) in [5, 5.41) is 1.34. The summed E-state index contributed by atoms with van der Waals surface area (Å²) in [7, 11) is 0. The van der Waals surface area contributed by atoms with Crippen LogP contribution in [-0.2, 0) is 4.79 Å². The van der Waals surface area contributed by atoms with E-state index >= 15 is 0 Å². The first-order valence-electron chi connectivity index (χ1n) is 5.01.